The van der Waals surface area contributed by atoms with Gasteiger partial charge in [-0.1, -0.05) is 19.3 Å². The molecule has 9 heteroatoms. The summed E-state index contributed by atoms with van der Waals surface area (Å²) in [4.78, 5) is 14.2. The molecule has 0 spiro atoms. The smallest absolute Gasteiger partial charge is 0.240 e. The Bertz CT molecular complexity index is 439. The topological polar surface area (TPSA) is 92.5 Å². The maximum absolute atomic E-state index is 12.1. The maximum Gasteiger partial charge on any atom is 0.240 e. The van der Waals surface area contributed by atoms with Crippen LogP contribution < -0.4 is 11.1 Å². The zero-order valence-corrected chi connectivity index (χ0v) is 15.2. The molecule has 0 bridgehead atoms. The first-order chi connectivity index (χ1) is 9.41. The third-order valence-electron chi connectivity index (χ3n) is 4.35. The fourth-order valence-corrected chi connectivity index (χ4v) is 4.16. The largest absolute Gasteiger partial charge is 0.353 e. The van der Waals surface area contributed by atoms with Crippen molar-refractivity contribution >= 4 is 40.6 Å². The molecule has 1 saturated heterocycles. The summed E-state index contributed by atoms with van der Waals surface area (Å²) >= 11 is 0. The molecule has 2 fully saturated rings. The van der Waals surface area contributed by atoms with Gasteiger partial charge in [-0.2, -0.15) is 0 Å². The Labute approximate surface area is 145 Å². The number of carbonyl (C=O) groups excluding carboxylic acids is 1. The van der Waals surface area contributed by atoms with E-state index in [0.717, 1.165) is 32.1 Å². The zero-order valence-electron chi connectivity index (χ0n) is 12.8. The Balaban J connectivity index is 0.00000220. The molecule has 22 heavy (non-hydrogen) atoms. The summed E-state index contributed by atoms with van der Waals surface area (Å²) in [6.07, 6.45) is 4.73. The van der Waals surface area contributed by atoms with Crippen molar-refractivity contribution < 1.29 is 13.2 Å². The molecule has 0 unspecified atom stereocenters. The van der Waals surface area contributed by atoms with Crippen LogP contribution in [0.15, 0.2) is 0 Å². The number of nitrogens with one attached hydrogen (secondary N) is 1. The SMILES string of the molecule is Cl.Cl.NC1(C(=O)NCCN2CCS(=O)(=O)CC2)CCCCC1. The van der Waals surface area contributed by atoms with Gasteiger partial charge in [-0.15, -0.1) is 24.8 Å². The van der Waals surface area contributed by atoms with Crippen LogP contribution in [0.1, 0.15) is 32.1 Å². The van der Waals surface area contributed by atoms with Gasteiger partial charge in [0.1, 0.15) is 0 Å². The van der Waals surface area contributed by atoms with E-state index in [1.165, 1.54) is 0 Å². The van der Waals surface area contributed by atoms with Crippen LogP contribution in [0.2, 0.25) is 0 Å². The molecule has 1 saturated carbocycles. The second-order valence-corrected chi connectivity index (χ2v) is 8.27. The highest BCUT2D eigenvalue weighted by Gasteiger charge is 2.35. The van der Waals surface area contributed by atoms with Crippen LogP contribution in [-0.4, -0.2) is 62.4 Å². The average Bonchev–Trinajstić information content (AvgIpc) is 2.41. The van der Waals surface area contributed by atoms with Gasteiger partial charge in [0.15, 0.2) is 9.84 Å². The van der Waals surface area contributed by atoms with E-state index < -0.39 is 15.4 Å². The van der Waals surface area contributed by atoms with E-state index in [-0.39, 0.29) is 42.2 Å². The number of hydrogen-bond donors (Lipinski definition) is 2. The minimum atomic E-state index is -2.83. The van der Waals surface area contributed by atoms with Crippen LogP contribution in [0.3, 0.4) is 0 Å². The van der Waals surface area contributed by atoms with Gasteiger partial charge in [-0.3, -0.25) is 9.69 Å². The van der Waals surface area contributed by atoms with Crippen molar-refractivity contribution in [3.8, 4) is 0 Å². The first-order valence-corrected chi connectivity index (χ1v) is 9.23. The van der Waals surface area contributed by atoms with Gasteiger partial charge >= 0.3 is 0 Å². The number of hydrogen-bond acceptors (Lipinski definition) is 5. The number of nitrogens with two attached hydrogens (primary N) is 1. The molecule has 2 aliphatic rings. The number of nitrogens with zero attached hydrogens (tertiary/aromatic N) is 1. The van der Waals surface area contributed by atoms with Crippen LogP contribution in [0.25, 0.3) is 0 Å². The van der Waals surface area contributed by atoms with E-state index in [0.29, 0.717) is 26.2 Å². The summed E-state index contributed by atoms with van der Waals surface area (Å²) < 4.78 is 22.6. The summed E-state index contributed by atoms with van der Waals surface area (Å²) in [5.41, 5.74) is 5.46. The van der Waals surface area contributed by atoms with Crippen LogP contribution in [0, 0.1) is 0 Å². The van der Waals surface area contributed by atoms with Crippen molar-refractivity contribution in [2.45, 2.75) is 37.6 Å². The summed E-state index contributed by atoms with van der Waals surface area (Å²) in [5, 5.41) is 2.91. The lowest BCUT2D eigenvalue weighted by Gasteiger charge is -2.32. The Morgan fingerprint density at radius 2 is 1.64 bits per heavy atom. The van der Waals surface area contributed by atoms with E-state index in [2.05, 4.69) is 10.2 Å². The van der Waals surface area contributed by atoms with E-state index in [1.807, 2.05) is 0 Å². The van der Waals surface area contributed by atoms with Gasteiger partial charge in [0.05, 0.1) is 17.0 Å². The minimum absolute atomic E-state index is 0. The zero-order chi connectivity index (χ0) is 14.6. The molecule has 1 amide bonds. The van der Waals surface area contributed by atoms with Gasteiger partial charge in [0.2, 0.25) is 5.91 Å². The van der Waals surface area contributed by atoms with E-state index in [4.69, 9.17) is 5.73 Å². The Morgan fingerprint density at radius 1 is 1.09 bits per heavy atom. The van der Waals surface area contributed by atoms with Crippen molar-refractivity contribution in [1.82, 2.24) is 10.2 Å². The Morgan fingerprint density at radius 3 is 2.18 bits per heavy atom. The molecule has 132 valence electrons. The number of amides is 1. The first-order valence-electron chi connectivity index (χ1n) is 7.41. The molecule has 1 aliphatic heterocycles. The minimum Gasteiger partial charge on any atom is -0.353 e. The Kier molecular flexibility index (Phi) is 9.24. The van der Waals surface area contributed by atoms with Crippen molar-refractivity contribution in [3.63, 3.8) is 0 Å². The summed E-state index contributed by atoms with van der Waals surface area (Å²) in [5.74, 6) is 0.394. The molecule has 6 nitrogen and oxygen atoms in total. The molecule has 0 atom stereocenters. The van der Waals surface area contributed by atoms with Gasteiger partial charge in [-0.05, 0) is 12.8 Å². The highest BCUT2D eigenvalue weighted by molar-refractivity contribution is 7.91. The number of carbonyl (C=O) groups is 1. The lowest BCUT2D eigenvalue weighted by molar-refractivity contribution is -0.127. The summed E-state index contributed by atoms with van der Waals surface area (Å²) in [6.45, 7) is 2.35. The van der Waals surface area contributed by atoms with E-state index in [1.54, 1.807) is 0 Å². The summed E-state index contributed by atoms with van der Waals surface area (Å²) in [7, 11) is -2.83. The van der Waals surface area contributed by atoms with Crippen LogP contribution in [0.5, 0.6) is 0 Å². The highest BCUT2D eigenvalue weighted by atomic mass is 35.5. The van der Waals surface area contributed by atoms with Crippen LogP contribution >= 0.6 is 24.8 Å². The predicted octanol–water partition coefficient (Wildman–Crippen LogP) is 0.338. The lowest BCUT2D eigenvalue weighted by Crippen LogP contribution is -2.56. The molecule has 0 aromatic carbocycles. The fourth-order valence-electron chi connectivity index (χ4n) is 2.89. The van der Waals surface area contributed by atoms with Crippen molar-refractivity contribution in [3.05, 3.63) is 0 Å². The third kappa shape index (κ3) is 6.20. The quantitative estimate of drug-likeness (QED) is 0.738. The first kappa shape index (κ1) is 21.9. The number of halogens is 2. The fraction of sp³-hybridized carbons (Fsp3) is 0.923. The third-order valence-corrected chi connectivity index (χ3v) is 5.96. The molecule has 0 aromatic rings. The van der Waals surface area contributed by atoms with Gasteiger partial charge in [0, 0.05) is 26.2 Å². The highest BCUT2D eigenvalue weighted by Crippen LogP contribution is 2.25. The molecule has 0 aromatic heterocycles. The molecule has 1 heterocycles. The molecule has 2 rings (SSSR count). The molecule has 3 N–H and O–H groups in total. The van der Waals surface area contributed by atoms with Crippen molar-refractivity contribution in [2.75, 3.05) is 37.7 Å². The predicted molar refractivity (Wildman–Crippen MR) is 92.6 cm³/mol. The second-order valence-electron chi connectivity index (χ2n) is 5.97. The van der Waals surface area contributed by atoms with Crippen LogP contribution in [0.4, 0.5) is 0 Å². The van der Waals surface area contributed by atoms with Crippen LogP contribution in [-0.2, 0) is 14.6 Å². The molecular weight excluding hydrogens is 349 g/mol. The number of rotatable bonds is 4. The monoisotopic (exact) mass is 375 g/mol. The van der Waals surface area contributed by atoms with Gasteiger partial charge in [0.25, 0.3) is 0 Å². The average molecular weight is 376 g/mol. The van der Waals surface area contributed by atoms with Gasteiger partial charge in [-0.25, -0.2) is 8.42 Å². The maximum atomic E-state index is 12.1. The molecular formula is C13H27Cl2N3O3S. The molecule has 0 radical (unpaired) electrons. The van der Waals surface area contributed by atoms with Gasteiger partial charge < -0.3 is 11.1 Å². The Hall–Kier alpha value is -0.0800. The standard InChI is InChI=1S/C13H25N3O3S.2ClH/c14-13(4-2-1-3-5-13)12(17)15-6-7-16-8-10-20(18,19)11-9-16;;/h1-11,14H2,(H,15,17);2*1H. The van der Waals surface area contributed by atoms with E-state index in [9.17, 15) is 13.2 Å². The lowest BCUT2D eigenvalue weighted by atomic mass is 9.82. The second kappa shape index (κ2) is 9.27. The molecule has 1 aliphatic carbocycles. The summed E-state index contributed by atoms with van der Waals surface area (Å²) in [6, 6.07) is 0. The number of sulfone groups is 1. The normalized spacial score (nSPS) is 23.7. The van der Waals surface area contributed by atoms with Crippen molar-refractivity contribution in [2.24, 2.45) is 5.73 Å². The van der Waals surface area contributed by atoms with E-state index >= 15 is 0 Å². The van der Waals surface area contributed by atoms with Crippen molar-refractivity contribution in [1.29, 1.82) is 0 Å².